The molecule has 0 N–H and O–H groups in total. The Bertz CT molecular complexity index is 248. The minimum atomic E-state index is -0.000231. The molecule has 2 heteroatoms. The van der Waals surface area contributed by atoms with Crippen LogP contribution in [0.1, 0.15) is 5.56 Å². The summed E-state index contributed by atoms with van der Waals surface area (Å²) in [7, 11) is 1.79. The Labute approximate surface area is 77.1 Å². The highest BCUT2D eigenvalue weighted by Crippen LogP contribution is 2.41. The number of hydrogen-bond donors (Lipinski definition) is 0. The second-order valence-electron chi connectivity index (χ2n) is 2.98. The fraction of sp³-hybridized carbons (Fsp3) is 0.400. The van der Waals surface area contributed by atoms with Crippen molar-refractivity contribution < 1.29 is 4.74 Å². The van der Waals surface area contributed by atoms with Crippen LogP contribution in [-0.4, -0.2) is 18.6 Å². The van der Waals surface area contributed by atoms with E-state index in [4.69, 9.17) is 4.74 Å². The molecule has 0 aliphatic carbocycles. The summed E-state index contributed by atoms with van der Waals surface area (Å²) in [4.78, 5) is 0. The van der Waals surface area contributed by atoms with E-state index in [9.17, 15) is 0 Å². The summed E-state index contributed by atoms with van der Waals surface area (Å²) in [5.41, 5.74) is 1.28. The van der Waals surface area contributed by atoms with Gasteiger partial charge in [0.15, 0.2) is 0 Å². The summed E-state index contributed by atoms with van der Waals surface area (Å²) < 4.78 is 5.53. The van der Waals surface area contributed by atoms with Crippen LogP contribution < -0.4 is 0 Å². The molecule has 0 bridgehead atoms. The largest absolute Gasteiger partial charge is 0.372 e. The van der Waals surface area contributed by atoms with E-state index in [1.807, 2.05) is 23.9 Å². The molecule has 0 aromatic heterocycles. The first-order chi connectivity index (χ1) is 5.87. The fourth-order valence-electron chi connectivity index (χ4n) is 1.38. The molecule has 0 saturated carbocycles. The minimum absolute atomic E-state index is 0.000231. The Kier molecular flexibility index (Phi) is 2.11. The van der Waals surface area contributed by atoms with Crippen LogP contribution in [0.25, 0.3) is 0 Å². The Balaban J connectivity index is 2.28. The lowest BCUT2D eigenvalue weighted by atomic mass is 9.97. The zero-order valence-electron chi connectivity index (χ0n) is 7.04. The van der Waals surface area contributed by atoms with Gasteiger partial charge in [-0.1, -0.05) is 24.3 Å². The third kappa shape index (κ3) is 1.15. The number of thioether (sulfide) groups is 1. The number of rotatable bonds is 2. The van der Waals surface area contributed by atoms with Crippen LogP contribution in [-0.2, 0) is 10.3 Å². The van der Waals surface area contributed by atoms with Crippen LogP contribution in [0.3, 0.4) is 0 Å². The lowest BCUT2D eigenvalue weighted by Gasteiger charge is -2.40. The molecular weight excluding hydrogens is 168 g/mol. The molecule has 12 heavy (non-hydrogen) atoms. The van der Waals surface area contributed by atoms with Gasteiger partial charge in [-0.05, 0) is 11.6 Å². The molecule has 0 unspecified atom stereocenters. The van der Waals surface area contributed by atoms with Crippen molar-refractivity contribution in [3.8, 4) is 0 Å². The van der Waals surface area contributed by atoms with Crippen molar-refractivity contribution in [3.63, 3.8) is 0 Å². The highest BCUT2D eigenvalue weighted by atomic mass is 32.2. The van der Waals surface area contributed by atoms with Crippen LogP contribution in [0.5, 0.6) is 0 Å². The van der Waals surface area contributed by atoms with E-state index in [1.54, 1.807) is 7.11 Å². The molecule has 1 radical (unpaired) electrons. The van der Waals surface area contributed by atoms with E-state index in [0.717, 1.165) is 11.5 Å². The maximum absolute atomic E-state index is 5.53. The van der Waals surface area contributed by atoms with Gasteiger partial charge in [0.1, 0.15) is 5.60 Å². The second kappa shape index (κ2) is 3.11. The highest BCUT2D eigenvalue weighted by molar-refractivity contribution is 8.00. The van der Waals surface area contributed by atoms with Crippen molar-refractivity contribution >= 4 is 11.8 Å². The van der Waals surface area contributed by atoms with E-state index in [2.05, 4.69) is 18.2 Å². The molecule has 0 spiro atoms. The van der Waals surface area contributed by atoms with Crippen LogP contribution in [0, 0.1) is 6.07 Å². The average molecular weight is 179 g/mol. The number of hydrogen-bond acceptors (Lipinski definition) is 2. The van der Waals surface area contributed by atoms with Gasteiger partial charge in [0.05, 0.1) is 0 Å². The van der Waals surface area contributed by atoms with Gasteiger partial charge in [-0.3, -0.25) is 0 Å². The lowest BCUT2D eigenvalue weighted by molar-refractivity contribution is 0.0180. The molecule has 1 saturated heterocycles. The van der Waals surface area contributed by atoms with E-state index >= 15 is 0 Å². The Morgan fingerprint density at radius 3 is 2.50 bits per heavy atom. The molecule has 63 valence electrons. The average Bonchev–Trinajstić information content (AvgIpc) is 2.05. The van der Waals surface area contributed by atoms with Crippen LogP contribution in [0.15, 0.2) is 24.3 Å². The molecule has 1 aliphatic heterocycles. The van der Waals surface area contributed by atoms with Gasteiger partial charge >= 0.3 is 0 Å². The normalized spacial score (nSPS) is 20.1. The predicted octanol–water partition coefficient (Wildman–Crippen LogP) is 2.08. The van der Waals surface area contributed by atoms with Crippen LogP contribution in [0.4, 0.5) is 0 Å². The Hall–Kier alpha value is -0.470. The van der Waals surface area contributed by atoms with Gasteiger partial charge in [-0.25, -0.2) is 0 Å². The van der Waals surface area contributed by atoms with Crippen molar-refractivity contribution in [2.75, 3.05) is 18.6 Å². The van der Waals surface area contributed by atoms with Crippen molar-refractivity contribution in [2.24, 2.45) is 0 Å². The summed E-state index contributed by atoms with van der Waals surface area (Å²) >= 11 is 1.93. The Morgan fingerprint density at radius 1 is 1.42 bits per heavy atom. The zero-order valence-corrected chi connectivity index (χ0v) is 7.86. The van der Waals surface area contributed by atoms with E-state index in [-0.39, 0.29) is 5.60 Å². The SMILES string of the molecule is COC1(c2cc[c]cc2)CSC1. The van der Waals surface area contributed by atoms with E-state index < -0.39 is 0 Å². The van der Waals surface area contributed by atoms with Gasteiger partial charge in [-0.15, -0.1) is 0 Å². The van der Waals surface area contributed by atoms with Crippen LogP contribution >= 0.6 is 11.8 Å². The number of methoxy groups -OCH3 is 1. The molecule has 1 nitrogen and oxygen atoms in total. The second-order valence-corrected chi connectivity index (χ2v) is 3.97. The molecule has 0 atom stereocenters. The lowest BCUT2D eigenvalue weighted by Crippen LogP contribution is -2.41. The summed E-state index contributed by atoms with van der Waals surface area (Å²) in [6.07, 6.45) is 0. The van der Waals surface area contributed by atoms with Gasteiger partial charge in [0, 0.05) is 18.6 Å². The highest BCUT2D eigenvalue weighted by Gasteiger charge is 2.39. The molecule has 1 heterocycles. The standard InChI is InChI=1S/C10H11OS/c1-11-10(7-12-8-10)9-5-3-2-4-6-9/h3-6H,7-8H2,1H3. The maximum Gasteiger partial charge on any atom is 0.111 e. The third-order valence-electron chi connectivity index (χ3n) is 2.31. The molecule has 1 aromatic rings. The monoisotopic (exact) mass is 179 g/mol. The first kappa shape index (κ1) is 8.14. The summed E-state index contributed by atoms with van der Waals surface area (Å²) in [5.74, 6) is 2.15. The van der Waals surface area contributed by atoms with Crippen molar-refractivity contribution in [3.05, 3.63) is 35.9 Å². The van der Waals surface area contributed by atoms with Gasteiger partial charge in [0.25, 0.3) is 0 Å². The smallest absolute Gasteiger partial charge is 0.111 e. The van der Waals surface area contributed by atoms with Gasteiger partial charge in [0.2, 0.25) is 0 Å². The molecular formula is C10H11OS. The quantitative estimate of drug-likeness (QED) is 0.687. The van der Waals surface area contributed by atoms with Crippen molar-refractivity contribution in [1.29, 1.82) is 0 Å². The van der Waals surface area contributed by atoms with Crippen molar-refractivity contribution in [2.45, 2.75) is 5.60 Å². The minimum Gasteiger partial charge on any atom is -0.372 e. The summed E-state index contributed by atoms with van der Waals surface area (Å²) in [6, 6.07) is 11.1. The van der Waals surface area contributed by atoms with Gasteiger partial charge in [-0.2, -0.15) is 11.8 Å². The van der Waals surface area contributed by atoms with E-state index in [0.29, 0.717) is 0 Å². The molecule has 1 aromatic carbocycles. The maximum atomic E-state index is 5.53. The fourth-order valence-corrected chi connectivity index (χ4v) is 2.52. The molecule has 1 fully saturated rings. The van der Waals surface area contributed by atoms with Crippen LogP contribution in [0.2, 0.25) is 0 Å². The summed E-state index contributed by atoms with van der Waals surface area (Å²) in [6.45, 7) is 0. The Morgan fingerprint density at radius 2 is 2.08 bits per heavy atom. The number of benzene rings is 1. The first-order valence-corrected chi connectivity index (χ1v) is 5.12. The summed E-state index contributed by atoms with van der Waals surface area (Å²) in [5, 5.41) is 0. The van der Waals surface area contributed by atoms with E-state index in [1.165, 1.54) is 5.56 Å². The third-order valence-corrected chi connectivity index (χ3v) is 3.65. The molecule has 2 rings (SSSR count). The first-order valence-electron chi connectivity index (χ1n) is 3.97. The topological polar surface area (TPSA) is 9.23 Å². The molecule has 0 amide bonds. The molecule has 1 aliphatic rings. The van der Waals surface area contributed by atoms with Gasteiger partial charge < -0.3 is 4.74 Å². The number of ether oxygens (including phenoxy) is 1. The van der Waals surface area contributed by atoms with Crippen molar-refractivity contribution in [1.82, 2.24) is 0 Å². The zero-order chi connectivity index (χ0) is 8.44. The predicted molar refractivity (Wildman–Crippen MR) is 51.3 cm³/mol.